The van der Waals surface area contributed by atoms with E-state index in [1.54, 1.807) is 12.1 Å². The molecule has 0 atom stereocenters. The van der Waals surface area contributed by atoms with Crippen LogP contribution >= 0.6 is 23.2 Å². The standard InChI is InChI=1S/C15H18Cl2N2O2/c1-21-14-12(17)5-4-11(16)13(14)15(20)19-8-6-18(7-9-19)10-2-3-10/h4-5,10H,2-3,6-9H2,1H3. The Morgan fingerprint density at radius 2 is 1.76 bits per heavy atom. The molecule has 1 aromatic rings. The normalized spacial score (nSPS) is 19.7. The van der Waals surface area contributed by atoms with Gasteiger partial charge in [0.2, 0.25) is 0 Å². The van der Waals surface area contributed by atoms with Crippen molar-refractivity contribution in [3.05, 3.63) is 27.7 Å². The summed E-state index contributed by atoms with van der Waals surface area (Å²) < 4.78 is 5.26. The fourth-order valence-electron chi connectivity index (χ4n) is 2.82. The van der Waals surface area contributed by atoms with Crippen molar-refractivity contribution in [2.24, 2.45) is 0 Å². The Kier molecular flexibility index (Phi) is 4.29. The average Bonchev–Trinajstić information content (AvgIpc) is 3.33. The highest BCUT2D eigenvalue weighted by molar-refractivity contribution is 6.37. The molecule has 1 aliphatic heterocycles. The van der Waals surface area contributed by atoms with Crippen LogP contribution in [0.3, 0.4) is 0 Å². The van der Waals surface area contributed by atoms with Gasteiger partial charge in [0, 0.05) is 32.2 Å². The van der Waals surface area contributed by atoms with Crippen molar-refractivity contribution in [2.45, 2.75) is 18.9 Å². The predicted molar refractivity (Wildman–Crippen MR) is 83.5 cm³/mol. The van der Waals surface area contributed by atoms with Gasteiger partial charge >= 0.3 is 0 Å². The van der Waals surface area contributed by atoms with Crippen LogP contribution < -0.4 is 4.74 Å². The van der Waals surface area contributed by atoms with Gasteiger partial charge in [0.15, 0.2) is 5.75 Å². The van der Waals surface area contributed by atoms with Gasteiger partial charge in [-0.25, -0.2) is 0 Å². The lowest BCUT2D eigenvalue weighted by molar-refractivity contribution is 0.0624. The number of carbonyl (C=O) groups is 1. The van der Waals surface area contributed by atoms with Crippen LogP contribution in [-0.2, 0) is 0 Å². The van der Waals surface area contributed by atoms with Gasteiger partial charge in [0.1, 0.15) is 5.56 Å². The summed E-state index contributed by atoms with van der Waals surface area (Å²) >= 11 is 12.3. The molecule has 1 heterocycles. The first kappa shape index (κ1) is 14.9. The van der Waals surface area contributed by atoms with E-state index < -0.39 is 0 Å². The van der Waals surface area contributed by atoms with Gasteiger partial charge in [-0.2, -0.15) is 0 Å². The Balaban J connectivity index is 1.77. The summed E-state index contributed by atoms with van der Waals surface area (Å²) in [6, 6.07) is 4.02. The number of carbonyl (C=O) groups excluding carboxylic acids is 1. The molecule has 0 radical (unpaired) electrons. The summed E-state index contributed by atoms with van der Waals surface area (Å²) in [5.41, 5.74) is 0.367. The molecule has 4 nitrogen and oxygen atoms in total. The molecule has 1 saturated heterocycles. The van der Waals surface area contributed by atoms with Crippen LogP contribution in [0.5, 0.6) is 5.75 Å². The van der Waals surface area contributed by atoms with E-state index in [9.17, 15) is 4.79 Å². The average molecular weight is 329 g/mol. The number of benzene rings is 1. The summed E-state index contributed by atoms with van der Waals surface area (Å²) in [6.07, 6.45) is 2.59. The van der Waals surface area contributed by atoms with Crippen LogP contribution in [0.2, 0.25) is 10.0 Å². The van der Waals surface area contributed by atoms with Gasteiger partial charge in [-0.05, 0) is 25.0 Å². The third kappa shape index (κ3) is 2.98. The molecule has 2 fully saturated rings. The largest absolute Gasteiger partial charge is 0.494 e. The molecule has 1 aromatic carbocycles. The van der Waals surface area contributed by atoms with E-state index in [0.29, 0.717) is 21.4 Å². The molecular weight excluding hydrogens is 311 g/mol. The van der Waals surface area contributed by atoms with E-state index in [4.69, 9.17) is 27.9 Å². The molecule has 0 N–H and O–H groups in total. The van der Waals surface area contributed by atoms with Crippen LogP contribution in [0, 0.1) is 0 Å². The number of amides is 1. The third-order valence-corrected chi connectivity index (χ3v) is 4.75. The second-order valence-electron chi connectivity index (χ2n) is 5.50. The van der Waals surface area contributed by atoms with Gasteiger partial charge < -0.3 is 9.64 Å². The zero-order chi connectivity index (χ0) is 15.0. The monoisotopic (exact) mass is 328 g/mol. The zero-order valence-corrected chi connectivity index (χ0v) is 13.5. The Morgan fingerprint density at radius 3 is 2.33 bits per heavy atom. The molecule has 0 bridgehead atoms. The maximum absolute atomic E-state index is 12.7. The summed E-state index contributed by atoms with van der Waals surface area (Å²) in [4.78, 5) is 17.0. The summed E-state index contributed by atoms with van der Waals surface area (Å²) in [6.45, 7) is 3.30. The molecule has 1 aliphatic carbocycles. The predicted octanol–water partition coefficient (Wildman–Crippen LogP) is 2.92. The first-order valence-electron chi connectivity index (χ1n) is 7.17. The maximum Gasteiger partial charge on any atom is 0.259 e. The lowest BCUT2D eigenvalue weighted by atomic mass is 10.1. The number of hydrogen-bond acceptors (Lipinski definition) is 3. The maximum atomic E-state index is 12.7. The number of rotatable bonds is 3. The highest BCUT2D eigenvalue weighted by atomic mass is 35.5. The number of nitrogens with zero attached hydrogens (tertiary/aromatic N) is 2. The molecule has 3 rings (SSSR count). The number of methoxy groups -OCH3 is 1. The minimum absolute atomic E-state index is 0.102. The van der Waals surface area contributed by atoms with Crippen molar-refractivity contribution in [3.63, 3.8) is 0 Å². The molecule has 114 valence electrons. The van der Waals surface area contributed by atoms with Crippen molar-refractivity contribution in [3.8, 4) is 5.75 Å². The highest BCUT2D eigenvalue weighted by Gasteiger charge is 2.33. The molecule has 1 saturated carbocycles. The molecule has 2 aliphatic rings. The van der Waals surface area contributed by atoms with E-state index in [2.05, 4.69) is 4.90 Å². The van der Waals surface area contributed by atoms with Crippen molar-refractivity contribution in [1.29, 1.82) is 0 Å². The fraction of sp³-hybridized carbons (Fsp3) is 0.533. The SMILES string of the molecule is COc1c(Cl)ccc(Cl)c1C(=O)N1CCN(C2CC2)CC1. The molecule has 6 heteroatoms. The summed E-state index contributed by atoms with van der Waals surface area (Å²) in [5.74, 6) is 0.258. The Morgan fingerprint density at radius 1 is 1.14 bits per heavy atom. The number of hydrogen-bond donors (Lipinski definition) is 0. The number of halogens is 2. The van der Waals surface area contributed by atoms with E-state index in [1.807, 2.05) is 4.90 Å². The molecule has 0 unspecified atom stereocenters. The molecule has 0 aromatic heterocycles. The van der Waals surface area contributed by atoms with Crippen LogP contribution in [0.25, 0.3) is 0 Å². The fourth-order valence-corrected chi connectivity index (χ4v) is 3.28. The van der Waals surface area contributed by atoms with Gasteiger partial charge in [-0.15, -0.1) is 0 Å². The van der Waals surface area contributed by atoms with Crippen molar-refractivity contribution in [2.75, 3.05) is 33.3 Å². The van der Waals surface area contributed by atoms with Crippen LogP contribution in [0.1, 0.15) is 23.2 Å². The first-order chi connectivity index (χ1) is 10.1. The van der Waals surface area contributed by atoms with Crippen molar-refractivity contribution in [1.82, 2.24) is 9.80 Å². The summed E-state index contributed by atoms with van der Waals surface area (Å²) in [5, 5.41) is 0.785. The molecule has 0 spiro atoms. The minimum Gasteiger partial charge on any atom is -0.494 e. The Bertz CT molecular complexity index is 553. The smallest absolute Gasteiger partial charge is 0.259 e. The van der Waals surface area contributed by atoms with E-state index >= 15 is 0 Å². The highest BCUT2D eigenvalue weighted by Crippen LogP contribution is 2.35. The van der Waals surface area contributed by atoms with Crippen molar-refractivity contribution < 1.29 is 9.53 Å². The third-order valence-electron chi connectivity index (χ3n) is 4.14. The van der Waals surface area contributed by atoms with E-state index in [0.717, 1.165) is 32.2 Å². The Hall–Kier alpha value is -0.970. The number of ether oxygens (including phenoxy) is 1. The number of piperazine rings is 1. The van der Waals surface area contributed by atoms with Gasteiger partial charge in [-0.3, -0.25) is 9.69 Å². The second kappa shape index (κ2) is 6.03. The molecule has 21 heavy (non-hydrogen) atoms. The lowest BCUT2D eigenvalue weighted by Crippen LogP contribution is -2.49. The topological polar surface area (TPSA) is 32.8 Å². The van der Waals surface area contributed by atoms with Crippen molar-refractivity contribution >= 4 is 29.1 Å². The van der Waals surface area contributed by atoms with Crippen LogP contribution in [-0.4, -0.2) is 55.0 Å². The molecular formula is C15H18Cl2N2O2. The quantitative estimate of drug-likeness (QED) is 0.855. The first-order valence-corrected chi connectivity index (χ1v) is 7.92. The minimum atomic E-state index is -0.102. The summed E-state index contributed by atoms with van der Waals surface area (Å²) in [7, 11) is 1.50. The van der Waals surface area contributed by atoms with Crippen LogP contribution in [0.15, 0.2) is 12.1 Å². The van der Waals surface area contributed by atoms with Gasteiger partial charge in [0.05, 0.1) is 17.2 Å². The van der Waals surface area contributed by atoms with E-state index in [1.165, 1.54) is 20.0 Å². The molecule has 1 amide bonds. The van der Waals surface area contributed by atoms with Gasteiger partial charge in [-0.1, -0.05) is 23.2 Å². The Labute approximate surface area is 134 Å². The van der Waals surface area contributed by atoms with E-state index in [-0.39, 0.29) is 5.91 Å². The van der Waals surface area contributed by atoms with Crippen LogP contribution in [0.4, 0.5) is 0 Å². The second-order valence-corrected chi connectivity index (χ2v) is 6.31. The van der Waals surface area contributed by atoms with Gasteiger partial charge in [0.25, 0.3) is 5.91 Å². The zero-order valence-electron chi connectivity index (χ0n) is 11.9. The lowest BCUT2D eigenvalue weighted by Gasteiger charge is -2.35.